The molecule has 0 aromatic heterocycles. The van der Waals surface area contributed by atoms with Crippen LogP contribution in [0.4, 0.5) is 0 Å². The van der Waals surface area contributed by atoms with Gasteiger partial charge in [0.15, 0.2) is 0 Å². The first-order chi connectivity index (χ1) is 11.7. The average Bonchev–Trinajstić information content (AvgIpc) is 2.54. The van der Waals surface area contributed by atoms with Crippen LogP contribution in [-0.2, 0) is 13.3 Å². The standard InChI is InChI=1S/C21H36O3Si/c1-16(2)13-22-25(23-14-17(3)4,24-15-18(5)6)21-12-10-9-11-20(21)19(7)8/h9-12,16-18H,7,13-15H2,1-6,8H3. The Balaban J connectivity index is 3.35. The predicted molar refractivity (Wildman–Crippen MR) is 109 cm³/mol. The van der Waals surface area contributed by atoms with Crippen molar-refractivity contribution in [3.05, 3.63) is 36.4 Å². The molecule has 0 saturated carbocycles. The summed E-state index contributed by atoms with van der Waals surface area (Å²) in [7, 11) is -3.03. The lowest BCUT2D eigenvalue weighted by atomic mass is 10.1. The van der Waals surface area contributed by atoms with Crippen molar-refractivity contribution < 1.29 is 13.3 Å². The third-order valence-corrected chi connectivity index (χ3v) is 6.27. The van der Waals surface area contributed by atoms with Gasteiger partial charge in [-0.15, -0.1) is 0 Å². The number of benzene rings is 1. The molecule has 1 aromatic rings. The van der Waals surface area contributed by atoms with Gasteiger partial charge in [-0.25, -0.2) is 0 Å². The molecular formula is C21H36O3Si. The summed E-state index contributed by atoms with van der Waals surface area (Å²) in [6.45, 7) is 20.9. The molecule has 3 nitrogen and oxygen atoms in total. The summed E-state index contributed by atoms with van der Waals surface area (Å²) in [6.07, 6.45) is 0. The van der Waals surface area contributed by atoms with Crippen LogP contribution in [0.5, 0.6) is 0 Å². The van der Waals surface area contributed by atoms with Gasteiger partial charge >= 0.3 is 8.80 Å². The first-order valence-electron chi connectivity index (χ1n) is 9.35. The first kappa shape index (κ1) is 22.1. The topological polar surface area (TPSA) is 27.7 Å². The van der Waals surface area contributed by atoms with E-state index in [1.54, 1.807) is 0 Å². The van der Waals surface area contributed by atoms with Crippen molar-refractivity contribution >= 4 is 19.6 Å². The second kappa shape index (κ2) is 10.3. The Labute approximate surface area is 155 Å². The maximum absolute atomic E-state index is 6.42. The highest BCUT2D eigenvalue weighted by atomic mass is 28.4. The summed E-state index contributed by atoms with van der Waals surface area (Å²) in [5.74, 6) is 1.23. The number of hydrogen-bond donors (Lipinski definition) is 0. The second-order valence-electron chi connectivity index (χ2n) is 8.00. The summed E-state index contributed by atoms with van der Waals surface area (Å²) < 4.78 is 19.3. The van der Waals surface area contributed by atoms with Crippen LogP contribution in [-0.4, -0.2) is 28.6 Å². The highest BCUT2D eigenvalue weighted by Crippen LogP contribution is 2.20. The maximum Gasteiger partial charge on any atom is 0.537 e. The van der Waals surface area contributed by atoms with Crippen molar-refractivity contribution in [3.63, 3.8) is 0 Å². The van der Waals surface area contributed by atoms with Crippen molar-refractivity contribution in [1.29, 1.82) is 0 Å². The van der Waals surface area contributed by atoms with Crippen molar-refractivity contribution in [2.75, 3.05) is 19.8 Å². The fraction of sp³-hybridized carbons (Fsp3) is 0.619. The molecule has 1 aromatic carbocycles. The van der Waals surface area contributed by atoms with Crippen molar-refractivity contribution in [3.8, 4) is 0 Å². The molecule has 0 amide bonds. The molecule has 1 rings (SSSR count). The van der Waals surface area contributed by atoms with Gasteiger partial charge in [-0.2, -0.15) is 0 Å². The van der Waals surface area contributed by atoms with Crippen LogP contribution < -0.4 is 5.19 Å². The molecule has 0 fully saturated rings. The highest BCUT2D eigenvalue weighted by Gasteiger charge is 2.46. The fourth-order valence-corrected chi connectivity index (χ4v) is 5.61. The van der Waals surface area contributed by atoms with E-state index >= 15 is 0 Å². The predicted octanol–water partition coefficient (Wildman–Crippen LogP) is 4.88. The van der Waals surface area contributed by atoms with Gasteiger partial charge in [-0.05, 0) is 30.2 Å². The number of allylic oxidation sites excluding steroid dienone is 1. The Bertz CT molecular complexity index is 506. The van der Waals surface area contributed by atoms with Crippen LogP contribution in [0.2, 0.25) is 0 Å². The Hall–Kier alpha value is -0.943. The first-order valence-corrected chi connectivity index (χ1v) is 11.1. The van der Waals surface area contributed by atoms with Gasteiger partial charge in [-0.3, -0.25) is 0 Å². The van der Waals surface area contributed by atoms with Crippen LogP contribution in [0, 0.1) is 17.8 Å². The summed E-state index contributed by atoms with van der Waals surface area (Å²) in [5.41, 5.74) is 2.08. The van der Waals surface area contributed by atoms with Gasteiger partial charge in [0, 0.05) is 25.0 Å². The van der Waals surface area contributed by atoms with E-state index in [4.69, 9.17) is 13.3 Å². The van der Waals surface area contributed by atoms with E-state index in [-0.39, 0.29) is 0 Å². The monoisotopic (exact) mass is 364 g/mol. The Morgan fingerprint density at radius 3 is 1.60 bits per heavy atom. The maximum atomic E-state index is 6.42. The van der Waals surface area contributed by atoms with E-state index in [2.05, 4.69) is 60.3 Å². The molecule has 0 heterocycles. The summed E-state index contributed by atoms with van der Waals surface area (Å²) in [4.78, 5) is 0. The smallest absolute Gasteiger partial charge is 0.370 e. The lowest BCUT2D eigenvalue weighted by molar-refractivity contribution is 0.0494. The summed E-state index contributed by atoms with van der Waals surface area (Å²) in [5, 5.41) is 1.03. The summed E-state index contributed by atoms with van der Waals surface area (Å²) in [6, 6.07) is 8.21. The molecule has 0 aliphatic heterocycles. The minimum Gasteiger partial charge on any atom is -0.370 e. The zero-order chi connectivity index (χ0) is 19.0. The van der Waals surface area contributed by atoms with Gasteiger partial charge in [0.1, 0.15) is 0 Å². The van der Waals surface area contributed by atoms with Gasteiger partial charge in [-0.1, -0.05) is 78.0 Å². The van der Waals surface area contributed by atoms with Gasteiger partial charge in [0.05, 0.1) is 0 Å². The van der Waals surface area contributed by atoms with E-state index in [9.17, 15) is 0 Å². The Kier molecular flexibility index (Phi) is 9.07. The SMILES string of the molecule is C=C(C)c1ccccc1[Si](OCC(C)C)(OCC(C)C)OCC(C)C. The normalized spacial score (nSPS) is 12.4. The third-order valence-electron chi connectivity index (χ3n) is 3.54. The molecule has 0 spiro atoms. The molecule has 0 radical (unpaired) electrons. The highest BCUT2D eigenvalue weighted by molar-refractivity contribution is 6.76. The fourth-order valence-electron chi connectivity index (χ4n) is 2.31. The zero-order valence-corrected chi connectivity index (χ0v) is 18.1. The van der Waals surface area contributed by atoms with E-state index in [1.165, 1.54) is 0 Å². The minimum absolute atomic E-state index is 0.411. The number of hydrogen-bond acceptors (Lipinski definition) is 3. The lowest BCUT2D eigenvalue weighted by Crippen LogP contribution is -2.59. The average molecular weight is 365 g/mol. The number of rotatable bonds is 11. The molecule has 0 saturated heterocycles. The minimum atomic E-state index is -3.03. The summed E-state index contributed by atoms with van der Waals surface area (Å²) >= 11 is 0. The molecule has 142 valence electrons. The molecule has 4 heteroatoms. The lowest BCUT2D eigenvalue weighted by Gasteiger charge is -2.33. The molecule has 0 aliphatic carbocycles. The molecule has 0 aliphatic rings. The molecule has 0 N–H and O–H groups in total. The molecule has 0 bridgehead atoms. The van der Waals surface area contributed by atoms with E-state index < -0.39 is 8.80 Å². The van der Waals surface area contributed by atoms with Crippen molar-refractivity contribution in [2.24, 2.45) is 17.8 Å². The van der Waals surface area contributed by atoms with E-state index in [1.807, 2.05) is 19.1 Å². The van der Waals surface area contributed by atoms with Crippen molar-refractivity contribution in [2.45, 2.75) is 48.5 Å². The quantitative estimate of drug-likeness (QED) is 0.524. The second-order valence-corrected chi connectivity index (χ2v) is 10.5. The van der Waals surface area contributed by atoms with E-state index in [0.717, 1.165) is 16.3 Å². The van der Waals surface area contributed by atoms with Gasteiger partial charge < -0.3 is 13.3 Å². The zero-order valence-electron chi connectivity index (χ0n) is 17.1. The van der Waals surface area contributed by atoms with Crippen molar-refractivity contribution in [1.82, 2.24) is 0 Å². The van der Waals surface area contributed by atoms with Crippen LogP contribution >= 0.6 is 0 Å². The van der Waals surface area contributed by atoms with Crippen LogP contribution in [0.15, 0.2) is 30.8 Å². The van der Waals surface area contributed by atoms with Crippen LogP contribution in [0.3, 0.4) is 0 Å². The van der Waals surface area contributed by atoms with Crippen LogP contribution in [0.1, 0.15) is 54.0 Å². The van der Waals surface area contributed by atoms with Gasteiger partial charge in [0.25, 0.3) is 0 Å². The molecule has 25 heavy (non-hydrogen) atoms. The Morgan fingerprint density at radius 1 is 0.840 bits per heavy atom. The van der Waals surface area contributed by atoms with Crippen LogP contribution in [0.25, 0.3) is 5.57 Å². The third kappa shape index (κ3) is 7.06. The molecular weight excluding hydrogens is 328 g/mol. The molecule has 0 unspecified atom stereocenters. The van der Waals surface area contributed by atoms with E-state index in [0.29, 0.717) is 37.6 Å². The Morgan fingerprint density at radius 2 is 1.24 bits per heavy atom. The van der Waals surface area contributed by atoms with Gasteiger partial charge in [0.2, 0.25) is 0 Å². The molecule has 0 atom stereocenters. The largest absolute Gasteiger partial charge is 0.537 e.